The minimum atomic E-state index is 0.00389. The van der Waals surface area contributed by atoms with Gasteiger partial charge in [-0.1, -0.05) is 6.92 Å². The second kappa shape index (κ2) is 4.30. The summed E-state index contributed by atoms with van der Waals surface area (Å²) in [7, 11) is 0. The maximum Gasteiger partial charge on any atom is 0.124 e. The largest absolute Gasteiger partial charge is 0.365 e. The third-order valence-electron chi connectivity index (χ3n) is 3.23. The molecule has 88 valence electrons. The van der Waals surface area contributed by atoms with E-state index in [0.717, 1.165) is 25.3 Å². The van der Waals surface area contributed by atoms with Crippen molar-refractivity contribution in [2.45, 2.75) is 26.0 Å². The second-order valence-corrected chi connectivity index (χ2v) is 4.19. The van der Waals surface area contributed by atoms with Gasteiger partial charge in [-0.3, -0.25) is 4.98 Å². The average molecular weight is 229 g/mol. The lowest BCUT2D eigenvalue weighted by atomic mass is 10.0. The zero-order valence-corrected chi connectivity index (χ0v) is 9.84. The van der Waals surface area contributed by atoms with Gasteiger partial charge < -0.3 is 9.30 Å². The third kappa shape index (κ3) is 1.74. The van der Waals surface area contributed by atoms with Crippen molar-refractivity contribution < 1.29 is 4.74 Å². The van der Waals surface area contributed by atoms with Crippen molar-refractivity contribution in [3.05, 3.63) is 47.8 Å². The fourth-order valence-corrected chi connectivity index (χ4v) is 2.33. The monoisotopic (exact) mass is 229 g/mol. The highest BCUT2D eigenvalue weighted by Crippen LogP contribution is 2.30. The third-order valence-corrected chi connectivity index (χ3v) is 3.23. The quantitative estimate of drug-likeness (QED) is 0.790. The van der Waals surface area contributed by atoms with E-state index in [1.54, 1.807) is 0 Å². The number of ether oxygens (including phenoxy) is 1. The van der Waals surface area contributed by atoms with E-state index in [1.165, 1.54) is 11.1 Å². The predicted molar refractivity (Wildman–Crippen MR) is 63.6 cm³/mol. The predicted octanol–water partition coefficient (Wildman–Crippen LogP) is 1.96. The number of aryl methyl sites for hydroxylation is 1. The molecule has 0 amide bonds. The molecule has 1 aliphatic rings. The first-order valence-corrected chi connectivity index (χ1v) is 5.94. The lowest BCUT2D eigenvalue weighted by molar-refractivity contribution is 0.0459. The highest BCUT2D eigenvalue weighted by molar-refractivity contribution is 5.31. The average Bonchev–Trinajstić information content (AvgIpc) is 2.86. The zero-order chi connectivity index (χ0) is 11.7. The molecule has 4 nitrogen and oxygen atoms in total. The molecule has 1 aliphatic heterocycles. The van der Waals surface area contributed by atoms with Gasteiger partial charge in [0.25, 0.3) is 0 Å². The minimum absolute atomic E-state index is 0.00389. The van der Waals surface area contributed by atoms with Crippen LogP contribution in [0.15, 0.2) is 31.0 Å². The molecule has 0 bridgehead atoms. The fraction of sp³-hybridized carbons (Fsp3) is 0.385. The maximum atomic E-state index is 5.90. The van der Waals surface area contributed by atoms with Crippen molar-refractivity contribution in [1.29, 1.82) is 0 Å². The summed E-state index contributed by atoms with van der Waals surface area (Å²) >= 11 is 0. The zero-order valence-electron chi connectivity index (χ0n) is 9.84. The number of fused-ring (bicyclic) bond motifs is 1. The number of rotatable bonds is 2. The molecule has 0 radical (unpaired) electrons. The number of imidazole rings is 1. The number of hydrogen-bond acceptors (Lipinski definition) is 3. The van der Waals surface area contributed by atoms with E-state index in [1.807, 2.05) is 31.0 Å². The summed E-state index contributed by atoms with van der Waals surface area (Å²) in [6.45, 7) is 3.76. The van der Waals surface area contributed by atoms with Gasteiger partial charge in [0, 0.05) is 18.9 Å². The molecule has 2 aromatic heterocycles. The first-order valence-electron chi connectivity index (χ1n) is 5.94. The van der Waals surface area contributed by atoms with Crippen molar-refractivity contribution >= 4 is 0 Å². The molecule has 1 unspecified atom stereocenters. The Morgan fingerprint density at radius 1 is 1.41 bits per heavy atom. The number of aromatic nitrogens is 3. The van der Waals surface area contributed by atoms with Crippen molar-refractivity contribution in [2.24, 2.45) is 0 Å². The first kappa shape index (κ1) is 10.5. The topological polar surface area (TPSA) is 39.9 Å². The normalized spacial score (nSPS) is 19.0. The summed E-state index contributed by atoms with van der Waals surface area (Å²) in [4.78, 5) is 8.38. The molecule has 0 aliphatic carbocycles. The minimum Gasteiger partial charge on any atom is -0.365 e. The smallest absolute Gasteiger partial charge is 0.124 e. The standard InChI is InChI=1S/C13H15N3O/c1-2-10-7-14-4-3-11(10)13-12-8-15-9-16(12)5-6-17-13/h3-4,7-9,13H,2,5-6H2,1H3. The molecule has 0 spiro atoms. The van der Waals surface area contributed by atoms with Crippen LogP contribution in [-0.2, 0) is 17.7 Å². The van der Waals surface area contributed by atoms with Gasteiger partial charge >= 0.3 is 0 Å². The highest BCUT2D eigenvalue weighted by atomic mass is 16.5. The van der Waals surface area contributed by atoms with Gasteiger partial charge in [0.1, 0.15) is 6.10 Å². The Labute approximate surface area is 100 Å². The number of pyridine rings is 1. The van der Waals surface area contributed by atoms with Gasteiger partial charge in [-0.25, -0.2) is 4.98 Å². The van der Waals surface area contributed by atoms with Crippen LogP contribution in [0, 0.1) is 0 Å². The van der Waals surface area contributed by atoms with Gasteiger partial charge in [-0.05, 0) is 23.6 Å². The summed E-state index contributed by atoms with van der Waals surface area (Å²) in [5.41, 5.74) is 3.59. The van der Waals surface area contributed by atoms with Gasteiger partial charge in [-0.2, -0.15) is 0 Å². The molecule has 2 aromatic rings. The van der Waals surface area contributed by atoms with Gasteiger partial charge in [0.05, 0.1) is 24.8 Å². The van der Waals surface area contributed by atoms with E-state index in [-0.39, 0.29) is 6.10 Å². The Hall–Kier alpha value is -1.68. The van der Waals surface area contributed by atoms with Gasteiger partial charge in [0.2, 0.25) is 0 Å². The molecule has 17 heavy (non-hydrogen) atoms. The Bertz CT molecular complexity index is 521. The molecule has 0 saturated carbocycles. The number of nitrogens with zero attached hydrogens (tertiary/aromatic N) is 3. The second-order valence-electron chi connectivity index (χ2n) is 4.19. The van der Waals surface area contributed by atoms with Crippen LogP contribution in [0.25, 0.3) is 0 Å². The summed E-state index contributed by atoms with van der Waals surface area (Å²) in [5.74, 6) is 0. The Morgan fingerprint density at radius 3 is 3.24 bits per heavy atom. The fourth-order valence-electron chi connectivity index (χ4n) is 2.33. The highest BCUT2D eigenvalue weighted by Gasteiger charge is 2.24. The number of hydrogen-bond donors (Lipinski definition) is 0. The molecule has 1 atom stereocenters. The lowest BCUT2D eigenvalue weighted by Gasteiger charge is -2.26. The van der Waals surface area contributed by atoms with Gasteiger partial charge in [0.15, 0.2) is 0 Å². The van der Waals surface area contributed by atoms with Crippen molar-refractivity contribution in [1.82, 2.24) is 14.5 Å². The van der Waals surface area contributed by atoms with Crippen LogP contribution < -0.4 is 0 Å². The molecular weight excluding hydrogens is 214 g/mol. The Kier molecular flexibility index (Phi) is 2.65. The van der Waals surface area contributed by atoms with Crippen LogP contribution in [0.3, 0.4) is 0 Å². The van der Waals surface area contributed by atoms with E-state index >= 15 is 0 Å². The lowest BCUT2D eigenvalue weighted by Crippen LogP contribution is -2.22. The van der Waals surface area contributed by atoms with E-state index in [2.05, 4.69) is 21.5 Å². The van der Waals surface area contributed by atoms with Crippen molar-refractivity contribution in [2.75, 3.05) is 6.61 Å². The maximum absolute atomic E-state index is 5.90. The molecule has 4 heteroatoms. The SMILES string of the molecule is CCc1cnccc1C1OCCn2cncc21. The van der Waals surface area contributed by atoms with E-state index in [4.69, 9.17) is 4.74 Å². The first-order chi connectivity index (χ1) is 8.40. The summed E-state index contributed by atoms with van der Waals surface area (Å²) in [6, 6.07) is 2.05. The molecule has 0 saturated heterocycles. The van der Waals surface area contributed by atoms with E-state index in [9.17, 15) is 0 Å². The summed E-state index contributed by atoms with van der Waals surface area (Å²) in [5, 5.41) is 0. The summed E-state index contributed by atoms with van der Waals surface area (Å²) in [6.07, 6.45) is 8.49. The molecule has 3 rings (SSSR count). The van der Waals surface area contributed by atoms with Crippen LogP contribution in [0.5, 0.6) is 0 Å². The van der Waals surface area contributed by atoms with E-state index in [0.29, 0.717) is 0 Å². The van der Waals surface area contributed by atoms with Crippen LogP contribution in [0.4, 0.5) is 0 Å². The molecule has 0 aromatic carbocycles. The summed E-state index contributed by atoms with van der Waals surface area (Å²) < 4.78 is 8.06. The Balaban J connectivity index is 2.06. The van der Waals surface area contributed by atoms with Crippen LogP contribution in [0.2, 0.25) is 0 Å². The molecule has 0 N–H and O–H groups in total. The molecule has 0 fully saturated rings. The van der Waals surface area contributed by atoms with Gasteiger partial charge in [-0.15, -0.1) is 0 Å². The van der Waals surface area contributed by atoms with E-state index < -0.39 is 0 Å². The van der Waals surface area contributed by atoms with Crippen LogP contribution in [-0.4, -0.2) is 21.1 Å². The van der Waals surface area contributed by atoms with Crippen LogP contribution >= 0.6 is 0 Å². The van der Waals surface area contributed by atoms with Crippen LogP contribution in [0.1, 0.15) is 29.8 Å². The molecular formula is C13H15N3O. The van der Waals surface area contributed by atoms with Crippen molar-refractivity contribution in [3.8, 4) is 0 Å². The van der Waals surface area contributed by atoms with Crippen molar-refractivity contribution in [3.63, 3.8) is 0 Å². The Morgan fingerprint density at radius 2 is 2.35 bits per heavy atom. The molecule has 3 heterocycles.